The molecule has 172 valence electrons. The highest BCUT2D eigenvalue weighted by Crippen LogP contribution is 2.33. The van der Waals surface area contributed by atoms with E-state index >= 15 is 0 Å². The Morgan fingerprint density at radius 1 is 1.09 bits per heavy atom. The minimum absolute atomic E-state index is 0.0510. The van der Waals surface area contributed by atoms with E-state index in [1.165, 1.54) is 12.1 Å². The Kier molecular flexibility index (Phi) is 6.53. The second kappa shape index (κ2) is 9.19. The summed E-state index contributed by atoms with van der Waals surface area (Å²) >= 11 is 0. The van der Waals surface area contributed by atoms with Gasteiger partial charge in [0.15, 0.2) is 0 Å². The number of carbonyl (C=O) groups is 1. The van der Waals surface area contributed by atoms with Crippen molar-refractivity contribution in [3.05, 3.63) is 59.4 Å². The standard InChI is InChI=1S/C24H30FN3O3S/c1-3-27-13-11-21(12-14-27)28(20-8-9-20)24(29)18-5-4-6-19(15-18)26-32(30,31)22-10-7-17(2)23(25)16-22/h4-7,10,15-16,20-21,26H,3,8-9,11-14H2,1-2H3. The lowest BCUT2D eigenvalue weighted by Gasteiger charge is -2.38. The van der Waals surface area contributed by atoms with E-state index in [0.717, 1.165) is 51.4 Å². The first-order valence-electron chi connectivity index (χ1n) is 11.2. The number of amides is 1. The molecular weight excluding hydrogens is 429 g/mol. The van der Waals surface area contributed by atoms with Gasteiger partial charge in [-0.2, -0.15) is 0 Å². The molecule has 2 fully saturated rings. The number of aryl methyl sites for hydroxylation is 1. The number of nitrogens with one attached hydrogen (secondary N) is 1. The fourth-order valence-electron chi connectivity index (χ4n) is 4.32. The van der Waals surface area contributed by atoms with Gasteiger partial charge in [-0.05, 0) is 75.0 Å². The Morgan fingerprint density at radius 3 is 2.41 bits per heavy atom. The van der Waals surface area contributed by atoms with Gasteiger partial charge in [0.25, 0.3) is 15.9 Å². The zero-order valence-corrected chi connectivity index (χ0v) is 19.4. The first-order valence-corrected chi connectivity index (χ1v) is 12.7. The maximum absolute atomic E-state index is 13.9. The number of hydrogen-bond donors (Lipinski definition) is 1. The lowest BCUT2D eigenvalue weighted by molar-refractivity contribution is 0.0554. The topological polar surface area (TPSA) is 69.7 Å². The molecule has 1 N–H and O–H groups in total. The number of hydrogen-bond acceptors (Lipinski definition) is 4. The van der Waals surface area contributed by atoms with E-state index in [4.69, 9.17) is 0 Å². The normalized spacial score (nSPS) is 17.8. The molecule has 0 atom stereocenters. The van der Waals surface area contributed by atoms with Crippen LogP contribution in [-0.4, -0.2) is 55.8 Å². The van der Waals surface area contributed by atoms with E-state index in [9.17, 15) is 17.6 Å². The minimum Gasteiger partial charge on any atom is -0.333 e. The third-order valence-electron chi connectivity index (χ3n) is 6.39. The molecule has 2 aromatic carbocycles. The van der Waals surface area contributed by atoms with Gasteiger partial charge < -0.3 is 9.80 Å². The fourth-order valence-corrected chi connectivity index (χ4v) is 5.38. The van der Waals surface area contributed by atoms with Gasteiger partial charge in [-0.3, -0.25) is 9.52 Å². The van der Waals surface area contributed by atoms with E-state index in [-0.39, 0.29) is 28.6 Å². The van der Waals surface area contributed by atoms with Crippen LogP contribution in [0, 0.1) is 12.7 Å². The van der Waals surface area contributed by atoms with Gasteiger partial charge >= 0.3 is 0 Å². The van der Waals surface area contributed by atoms with Crippen molar-refractivity contribution in [2.45, 2.75) is 56.5 Å². The Morgan fingerprint density at radius 2 is 1.78 bits per heavy atom. The number of benzene rings is 2. The molecule has 32 heavy (non-hydrogen) atoms. The minimum atomic E-state index is -3.97. The lowest BCUT2D eigenvalue weighted by atomic mass is 10.0. The molecular formula is C24H30FN3O3S. The van der Waals surface area contributed by atoms with Crippen LogP contribution in [0.2, 0.25) is 0 Å². The summed E-state index contributed by atoms with van der Waals surface area (Å²) in [5.41, 5.74) is 1.12. The lowest BCUT2D eigenvalue weighted by Crippen LogP contribution is -2.48. The van der Waals surface area contributed by atoms with Crippen molar-refractivity contribution < 1.29 is 17.6 Å². The molecule has 1 aliphatic heterocycles. The molecule has 1 saturated carbocycles. The third kappa shape index (κ3) is 4.96. The van der Waals surface area contributed by atoms with Gasteiger partial charge in [0.1, 0.15) is 5.82 Å². The molecule has 2 aliphatic rings. The largest absolute Gasteiger partial charge is 0.333 e. The molecule has 8 heteroatoms. The van der Waals surface area contributed by atoms with E-state index in [1.54, 1.807) is 31.2 Å². The number of nitrogens with zero attached hydrogens (tertiary/aromatic N) is 2. The van der Waals surface area contributed by atoms with Crippen LogP contribution in [0.15, 0.2) is 47.4 Å². The average Bonchev–Trinajstić information content (AvgIpc) is 3.61. The number of anilines is 1. The van der Waals surface area contributed by atoms with Crippen LogP contribution in [0.1, 0.15) is 48.5 Å². The quantitative estimate of drug-likeness (QED) is 0.679. The highest BCUT2D eigenvalue weighted by Gasteiger charge is 2.38. The van der Waals surface area contributed by atoms with Crippen LogP contribution in [0.5, 0.6) is 0 Å². The molecule has 4 rings (SSSR count). The van der Waals surface area contributed by atoms with Crippen LogP contribution in [0.25, 0.3) is 0 Å². The van der Waals surface area contributed by atoms with Crippen LogP contribution in [0.4, 0.5) is 10.1 Å². The van der Waals surface area contributed by atoms with Crippen molar-refractivity contribution in [3.8, 4) is 0 Å². The molecule has 1 aliphatic carbocycles. The highest BCUT2D eigenvalue weighted by molar-refractivity contribution is 7.92. The summed E-state index contributed by atoms with van der Waals surface area (Å²) in [7, 11) is -3.97. The van der Waals surface area contributed by atoms with Gasteiger partial charge in [-0.15, -0.1) is 0 Å². The first kappa shape index (κ1) is 22.7. The molecule has 1 saturated heterocycles. The molecule has 0 aromatic heterocycles. The number of rotatable bonds is 7. The molecule has 0 bridgehead atoms. The first-order chi connectivity index (χ1) is 15.3. The van der Waals surface area contributed by atoms with Crippen molar-refractivity contribution in [1.82, 2.24) is 9.80 Å². The summed E-state index contributed by atoms with van der Waals surface area (Å²) in [5.74, 6) is -0.629. The van der Waals surface area contributed by atoms with E-state index in [0.29, 0.717) is 11.1 Å². The van der Waals surface area contributed by atoms with Crippen LogP contribution < -0.4 is 4.72 Å². The third-order valence-corrected chi connectivity index (χ3v) is 7.77. The van der Waals surface area contributed by atoms with Gasteiger partial charge in [-0.25, -0.2) is 12.8 Å². The Hall–Kier alpha value is -2.45. The molecule has 0 unspecified atom stereocenters. The average molecular weight is 460 g/mol. The summed E-state index contributed by atoms with van der Waals surface area (Å²) in [6.45, 7) is 6.74. The molecule has 6 nitrogen and oxygen atoms in total. The van der Waals surface area contributed by atoms with Crippen molar-refractivity contribution in [2.24, 2.45) is 0 Å². The van der Waals surface area contributed by atoms with Crippen LogP contribution in [-0.2, 0) is 10.0 Å². The Bertz CT molecular complexity index is 1090. The summed E-state index contributed by atoms with van der Waals surface area (Å²) in [6, 6.07) is 10.9. The summed E-state index contributed by atoms with van der Waals surface area (Å²) in [5, 5.41) is 0. The summed E-state index contributed by atoms with van der Waals surface area (Å²) in [4.78, 5) is 17.7. The smallest absolute Gasteiger partial charge is 0.261 e. The number of halogens is 1. The molecule has 0 radical (unpaired) electrons. The Labute approximate surface area is 189 Å². The van der Waals surface area contributed by atoms with E-state index in [1.807, 2.05) is 4.90 Å². The maximum Gasteiger partial charge on any atom is 0.261 e. The summed E-state index contributed by atoms with van der Waals surface area (Å²) in [6.07, 6.45) is 3.96. The number of piperidine rings is 1. The van der Waals surface area contributed by atoms with Gasteiger partial charge in [0, 0.05) is 36.4 Å². The van der Waals surface area contributed by atoms with Crippen molar-refractivity contribution in [2.75, 3.05) is 24.4 Å². The van der Waals surface area contributed by atoms with Gasteiger partial charge in [-0.1, -0.05) is 19.1 Å². The maximum atomic E-state index is 13.9. The van der Waals surface area contributed by atoms with Crippen LogP contribution in [0.3, 0.4) is 0 Å². The number of likely N-dealkylation sites (tertiary alicyclic amines) is 1. The summed E-state index contributed by atoms with van der Waals surface area (Å²) < 4.78 is 41.8. The molecule has 1 amide bonds. The Balaban J connectivity index is 1.52. The number of sulfonamides is 1. The molecule has 1 heterocycles. The van der Waals surface area contributed by atoms with Gasteiger partial charge in [0.2, 0.25) is 0 Å². The van der Waals surface area contributed by atoms with Crippen molar-refractivity contribution >= 4 is 21.6 Å². The zero-order chi connectivity index (χ0) is 22.9. The predicted octanol–water partition coefficient (Wildman–Crippen LogP) is 4.02. The van der Waals surface area contributed by atoms with Gasteiger partial charge in [0.05, 0.1) is 4.90 Å². The van der Waals surface area contributed by atoms with E-state index in [2.05, 4.69) is 16.5 Å². The second-order valence-electron chi connectivity index (χ2n) is 8.71. The number of carbonyl (C=O) groups excluding carboxylic acids is 1. The molecule has 0 spiro atoms. The van der Waals surface area contributed by atoms with Crippen molar-refractivity contribution in [3.63, 3.8) is 0 Å². The second-order valence-corrected chi connectivity index (χ2v) is 10.4. The monoisotopic (exact) mass is 459 g/mol. The SMILES string of the molecule is CCN1CCC(N(C(=O)c2cccc(NS(=O)(=O)c3ccc(C)c(F)c3)c2)C2CC2)CC1. The fraction of sp³-hybridized carbons (Fsp3) is 0.458. The van der Waals surface area contributed by atoms with Crippen molar-refractivity contribution in [1.29, 1.82) is 0 Å². The highest BCUT2D eigenvalue weighted by atomic mass is 32.2. The van der Waals surface area contributed by atoms with Crippen LogP contribution >= 0.6 is 0 Å². The van der Waals surface area contributed by atoms with E-state index < -0.39 is 15.8 Å². The molecule has 2 aromatic rings. The predicted molar refractivity (Wildman–Crippen MR) is 123 cm³/mol. The zero-order valence-electron chi connectivity index (χ0n) is 18.6.